The Morgan fingerprint density at radius 3 is 2.16 bits per heavy atom. The quantitative estimate of drug-likeness (QED) is 0.577. The van der Waals surface area contributed by atoms with E-state index in [-0.39, 0.29) is 53.0 Å². The summed E-state index contributed by atoms with van der Waals surface area (Å²) in [5.41, 5.74) is -2.08. The Morgan fingerprint density at radius 2 is 1.72 bits per heavy atom. The molecule has 0 spiro atoms. The largest absolute Gasteiger partial charge is 0.488 e. The molecule has 0 aromatic heterocycles. The first-order chi connectivity index (χ1) is 14.6. The number of terminal acetylenes is 1. The summed E-state index contributed by atoms with van der Waals surface area (Å²) in [5.74, 6) is -2.42. The minimum atomic E-state index is -2.73. The monoisotopic (exact) mass is 467 g/mol. The molecule has 2 saturated carbocycles. The third-order valence-electron chi connectivity index (χ3n) is 6.17. The molecule has 8 heteroatoms. The van der Waals surface area contributed by atoms with E-state index in [1.807, 2.05) is 27.7 Å². The topological polar surface area (TPSA) is 66.8 Å². The number of aliphatic carboxylic acids is 1. The van der Waals surface area contributed by atoms with Crippen LogP contribution in [0.25, 0.3) is 0 Å². The van der Waals surface area contributed by atoms with Gasteiger partial charge in [0.15, 0.2) is 0 Å². The number of hydrogen-bond acceptors (Lipinski definition) is 3. The van der Waals surface area contributed by atoms with Gasteiger partial charge in [-0.1, -0.05) is 39.3 Å². The molecule has 2 aliphatic carbocycles. The van der Waals surface area contributed by atoms with Crippen LogP contribution in [0.5, 0.6) is 5.75 Å². The fourth-order valence-corrected chi connectivity index (χ4v) is 5.91. The molecular weight excluding hydrogens is 440 g/mol. The molecule has 1 N–H and O–H groups in total. The molecule has 2 fully saturated rings. The van der Waals surface area contributed by atoms with Gasteiger partial charge in [0.1, 0.15) is 17.4 Å². The van der Waals surface area contributed by atoms with E-state index in [9.17, 15) is 23.5 Å². The zero-order chi connectivity index (χ0) is 24.1. The number of anilines is 1. The molecule has 0 aliphatic heterocycles. The Morgan fingerprint density at radius 1 is 1.16 bits per heavy atom. The minimum Gasteiger partial charge on any atom is -0.488 e. The lowest BCUT2D eigenvalue weighted by atomic mass is 9.57. The van der Waals surface area contributed by atoms with Crippen LogP contribution in [0.3, 0.4) is 0 Å². The van der Waals surface area contributed by atoms with Crippen molar-refractivity contribution in [2.24, 2.45) is 10.8 Å². The standard InChI is InChI=1S/C24H28ClF2NO4/c1-6-19(29)28(23(20(30)31)13-21(2,3)12-22(4,5)14-23)15-7-8-18(17(25)9-15)32-16-10-24(26,27)11-16/h1,7-9,16H,10-14H2,2-5H3,(H,30,31). The number of alkyl halides is 2. The number of nitrogens with zero attached hydrogens (tertiary/aromatic N) is 1. The summed E-state index contributed by atoms with van der Waals surface area (Å²) in [4.78, 5) is 26.8. The normalized spacial score (nSPS) is 22.8. The molecule has 1 aromatic carbocycles. The summed E-state index contributed by atoms with van der Waals surface area (Å²) in [6, 6.07) is 4.36. The van der Waals surface area contributed by atoms with Crippen LogP contribution in [0.15, 0.2) is 18.2 Å². The van der Waals surface area contributed by atoms with Crippen molar-refractivity contribution < 1.29 is 28.2 Å². The summed E-state index contributed by atoms with van der Waals surface area (Å²) >= 11 is 6.34. The molecule has 2 aliphatic rings. The van der Waals surface area contributed by atoms with E-state index >= 15 is 0 Å². The number of rotatable bonds is 5. The number of amides is 1. The summed E-state index contributed by atoms with van der Waals surface area (Å²) in [6.07, 6.45) is 5.20. The Labute approximate surface area is 192 Å². The fraction of sp³-hybridized carbons (Fsp3) is 0.583. The maximum Gasteiger partial charge on any atom is 0.330 e. The Hall–Kier alpha value is -2.33. The highest BCUT2D eigenvalue weighted by Gasteiger charge is 2.57. The maximum absolute atomic E-state index is 13.1. The molecule has 0 heterocycles. The van der Waals surface area contributed by atoms with Crippen molar-refractivity contribution in [1.29, 1.82) is 0 Å². The summed E-state index contributed by atoms with van der Waals surface area (Å²) in [5, 5.41) is 10.5. The van der Waals surface area contributed by atoms with Crippen molar-refractivity contribution in [3.8, 4) is 18.1 Å². The molecule has 0 bridgehead atoms. The van der Waals surface area contributed by atoms with Gasteiger partial charge in [0, 0.05) is 18.5 Å². The molecule has 32 heavy (non-hydrogen) atoms. The average molecular weight is 468 g/mol. The first-order valence-electron chi connectivity index (χ1n) is 10.5. The van der Waals surface area contributed by atoms with Gasteiger partial charge in [0.2, 0.25) is 0 Å². The SMILES string of the molecule is C#CC(=O)N(c1ccc(OC2CC(F)(F)C2)c(Cl)c1)C1(C(=O)O)CC(C)(C)CC(C)(C)C1. The lowest BCUT2D eigenvalue weighted by Crippen LogP contribution is -2.63. The van der Waals surface area contributed by atoms with E-state index in [4.69, 9.17) is 22.8 Å². The highest BCUT2D eigenvalue weighted by Crippen LogP contribution is 2.53. The zero-order valence-electron chi connectivity index (χ0n) is 18.7. The van der Waals surface area contributed by atoms with Gasteiger partial charge in [-0.05, 0) is 54.2 Å². The van der Waals surface area contributed by atoms with Crippen LogP contribution in [0.2, 0.25) is 5.02 Å². The molecular formula is C24H28ClF2NO4. The molecule has 0 saturated heterocycles. The predicted octanol–water partition coefficient (Wildman–Crippen LogP) is 5.54. The van der Waals surface area contributed by atoms with Crippen LogP contribution in [0, 0.1) is 23.2 Å². The predicted molar refractivity (Wildman–Crippen MR) is 118 cm³/mol. The molecule has 0 radical (unpaired) electrons. The van der Waals surface area contributed by atoms with E-state index in [0.29, 0.717) is 0 Å². The fourth-order valence-electron chi connectivity index (χ4n) is 5.69. The van der Waals surface area contributed by atoms with Crippen LogP contribution >= 0.6 is 11.6 Å². The smallest absolute Gasteiger partial charge is 0.330 e. The van der Waals surface area contributed by atoms with Crippen LogP contribution < -0.4 is 9.64 Å². The van der Waals surface area contributed by atoms with Crippen LogP contribution in [-0.4, -0.2) is 34.5 Å². The Bertz CT molecular complexity index is 959. The molecule has 0 unspecified atom stereocenters. The highest BCUT2D eigenvalue weighted by atomic mass is 35.5. The third kappa shape index (κ3) is 4.71. The van der Waals surface area contributed by atoms with E-state index in [0.717, 1.165) is 11.3 Å². The molecule has 1 amide bonds. The Kier molecular flexibility index (Phi) is 6.01. The first kappa shape index (κ1) is 24.3. The van der Waals surface area contributed by atoms with Crippen LogP contribution in [0.1, 0.15) is 59.8 Å². The van der Waals surface area contributed by atoms with E-state index in [2.05, 4.69) is 5.92 Å². The van der Waals surface area contributed by atoms with Crippen molar-refractivity contribution in [1.82, 2.24) is 0 Å². The molecule has 3 rings (SSSR count). The van der Waals surface area contributed by atoms with Gasteiger partial charge in [-0.15, -0.1) is 6.42 Å². The number of carboxylic acid groups (broad SMARTS) is 1. The van der Waals surface area contributed by atoms with E-state index in [1.54, 1.807) is 0 Å². The first-order valence-corrected chi connectivity index (χ1v) is 10.9. The number of carboxylic acids is 1. The lowest BCUT2D eigenvalue weighted by molar-refractivity contribution is -0.150. The van der Waals surface area contributed by atoms with Crippen molar-refractivity contribution >= 4 is 29.2 Å². The number of hydrogen-bond donors (Lipinski definition) is 1. The Balaban J connectivity index is 2.02. The molecule has 174 valence electrons. The van der Waals surface area contributed by atoms with Gasteiger partial charge >= 0.3 is 11.9 Å². The van der Waals surface area contributed by atoms with Gasteiger partial charge in [0.05, 0.1) is 5.02 Å². The van der Waals surface area contributed by atoms with Gasteiger partial charge in [-0.2, -0.15) is 0 Å². The van der Waals surface area contributed by atoms with Crippen LogP contribution in [-0.2, 0) is 9.59 Å². The average Bonchev–Trinajstić information content (AvgIpc) is 2.59. The maximum atomic E-state index is 13.1. The zero-order valence-corrected chi connectivity index (χ0v) is 19.4. The highest BCUT2D eigenvalue weighted by molar-refractivity contribution is 6.32. The number of benzene rings is 1. The summed E-state index contributed by atoms with van der Waals surface area (Å²) in [6.45, 7) is 7.90. The second kappa shape index (κ2) is 7.91. The molecule has 5 nitrogen and oxygen atoms in total. The number of ether oxygens (including phenoxy) is 1. The van der Waals surface area contributed by atoms with Crippen molar-refractivity contribution in [2.75, 3.05) is 4.90 Å². The van der Waals surface area contributed by atoms with Gasteiger partial charge in [-0.3, -0.25) is 9.69 Å². The molecule has 1 aromatic rings. The van der Waals surface area contributed by atoms with Gasteiger partial charge in [-0.25, -0.2) is 13.6 Å². The summed E-state index contributed by atoms with van der Waals surface area (Å²) in [7, 11) is 0. The van der Waals surface area contributed by atoms with E-state index in [1.165, 1.54) is 18.2 Å². The van der Waals surface area contributed by atoms with Crippen LogP contribution in [0.4, 0.5) is 14.5 Å². The minimum absolute atomic E-state index is 0.0856. The van der Waals surface area contributed by atoms with Gasteiger partial charge < -0.3 is 9.84 Å². The van der Waals surface area contributed by atoms with Crippen molar-refractivity contribution in [3.05, 3.63) is 23.2 Å². The summed E-state index contributed by atoms with van der Waals surface area (Å²) < 4.78 is 31.8. The van der Waals surface area contributed by atoms with Crippen molar-refractivity contribution in [3.63, 3.8) is 0 Å². The second-order valence-electron chi connectivity index (χ2n) is 10.6. The van der Waals surface area contributed by atoms with E-state index < -0.39 is 29.4 Å². The number of carbonyl (C=O) groups is 2. The third-order valence-corrected chi connectivity index (χ3v) is 6.47. The second-order valence-corrected chi connectivity index (χ2v) is 11.0. The van der Waals surface area contributed by atoms with Crippen molar-refractivity contribution in [2.45, 2.75) is 77.4 Å². The lowest BCUT2D eigenvalue weighted by Gasteiger charge is -2.53. The van der Waals surface area contributed by atoms with Gasteiger partial charge in [0.25, 0.3) is 5.92 Å². The molecule has 0 atom stereocenters. The number of halogens is 3. The number of carbonyl (C=O) groups excluding carboxylic acids is 1.